The van der Waals surface area contributed by atoms with Crippen molar-refractivity contribution in [1.29, 1.82) is 0 Å². The maximum absolute atomic E-state index is 12.2. The predicted molar refractivity (Wildman–Crippen MR) is 89.7 cm³/mol. The lowest BCUT2D eigenvalue weighted by atomic mass is 10.0. The minimum Gasteiger partial charge on any atom is -0.309 e. The Morgan fingerprint density at radius 1 is 1.20 bits per heavy atom. The molecule has 20 heavy (non-hydrogen) atoms. The van der Waals surface area contributed by atoms with Crippen LogP contribution in [-0.4, -0.2) is 22.3 Å². The molecule has 1 aromatic rings. The molecule has 1 aromatic carbocycles. The summed E-state index contributed by atoms with van der Waals surface area (Å²) in [5.74, 6) is 2.14. The van der Waals surface area contributed by atoms with E-state index in [0.29, 0.717) is 11.7 Å². The molecule has 0 radical (unpaired) electrons. The first kappa shape index (κ1) is 17.4. The van der Waals surface area contributed by atoms with Crippen molar-refractivity contribution >= 4 is 10.8 Å². The molecule has 114 valence electrons. The molecule has 1 rings (SSSR count). The zero-order valence-electron chi connectivity index (χ0n) is 13.5. The van der Waals surface area contributed by atoms with Crippen molar-refractivity contribution in [3.63, 3.8) is 0 Å². The molecule has 0 aliphatic heterocycles. The third-order valence-electron chi connectivity index (χ3n) is 3.66. The first-order valence-corrected chi connectivity index (χ1v) is 9.08. The van der Waals surface area contributed by atoms with Crippen molar-refractivity contribution in [2.24, 2.45) is 5.92 Å². The Hall–Kier alpha value is -0.670. The van der Waals surface area contributed by atoms with Gasteiger partial charge in [-0.2, -0.15) is 0 Å². The summed E-state index contributed by atoms with van der Waals surface area (Å²) in [7, 11) is -0.747. The molecule has 0 heterocycles. The van der Waals surface area contributed by atoms with Gasteiger partial charge in [-0.25, -0.2) is 0 Å². The van der Waals surface area contributed by atoms with Gasteiger partial charge in [-0.15, -0.1) is 0 Å². The Labute approximate surface area is 126 Å². The predicted octanol–water partition coefficient (Wildman–Crippen LogP) is 3.75. The minimum atomic E-state index is -0.747. The van der Waals surface area contributed by atoms with E-state index in [1.807, 2.05) is 0 Å². The van der Waals surface area contributed by atoms with E-state index >= 15 is 0 Å². The SMILES string of the molecule is CCNC(CS(=O)CCC(C)C)c1ccc(C)c(C)c1. The quantitative estimate of drug-likeness (QED) is 0.791. The van der Waals surface area contributed by atoms with Crippen LogP contribution in [0.4, 0.5) is 0 Å². The van der Waals surface area contributed by atoms with Crippen LogP contribution < -0.4 is 5.32 Å². The number of hydrogen-bond donors (Lipinski definition) is 1. The van der Waals surface area contributed by atoms with E-state index < -0.39 is 10.8 Å². The molecule has 1 N–H and O–H groups in total. The summed E-state index contributed by atoms with van der Waals surface area (Å²) in [6.07, 6.45) is 1.04. The summed E-state index contributed by atoms with van der Waals surface area (Å²) < 4.78 is 12.2. The summed E-state index contributed by atoms with van der Waals surface area (Å²) in [6, 6.07) is 6.75. The Bertz CT molecular complexity index is 443. The number of nitrogens with one attached hydrogen (secondary N) is 1. The van der Waals surface area contributed by atoms with Crippen molar-refractivity contribution in [2.45, 2.75) is 47.1 Å². The third-order valence-corrected chi connectivity index (χ3v) is 5.06. The molecule has 0 saturated carbocycles. The van der Waals surface area contributed by atoms with Gasteiger partial charge in [0, 0.05) is 28.3 Å². The van der Waals surface area contributed by atoms with Gasteiger partial charge in [0.2, 0.25) is 0 Å². The second kappa shape index (κ2) is 8.58. The highest BCUT2D eigenvalue weighted by Crippen LogP contribution is 2.18. The van der Waals surface area contributed by atoms with Crippen LogP contribution in [0.2, 0.25) is 0 Å². The van der Waals surface area contributed by atoms with Crippen LogP contribution in [0.1, 0.15) is 49.9 Å². The molecule has 0 fully saturated rings. The van der Waals surface area contributed by atoms with Gasteiger partial charge in [0.1, 0.15) is 0 Å². The highest BCUT2D eigenvalue weighted by Gasteiger charge is 2.15. The molecular formula is C17H29NOS. The highest BCUT2D eigenvalue weighted by atomic mass is 32.2. The van der Waals surface area contributed by atoms with Gasteiger partial charge in [-0.05, 0) is 49.4 Å². The minimum absolute atomic E-state index is 0.201. The van der Waals surface area contributed by atoms with E-state index in [-0.39, 0.29) is 6.04 Å². The smallest absolute Gasteiger partial charge is 0.0436 e. The van der Waals surface area contributed by atoms with E-state index in [0.717, 1.165) is 18.7 Å². The fourth-order valence-corrected chi connectivity index (χ4v) is 3.72. The molecule has 0 saturated heterocycles. The average Bonchev–Trinajstić information content (AvgIpc) is 2.39. The lowest BCUT2D eigenvalue weighted by molar-refractivity contribution is 0.586. The first-order chi connectivity index (χ1) is 9.43. The Balaban J connectivity index is 2.72. The maximum atomic E-state index is 12.2. The third kappa shape index (κ3) is 5.76. The van der Waals surface area contributed by atoms with E-state index in [9.17, 15) is 4.21 Å². The molecule has 0 aromatic heterocycles. The molecule has 0 spiro atoms. The van der Waals surface area contributed by atoms with Crippen molar-refractivity contribution < 1.29 is 4.21 Å². The topological polar surface area (TPSA) is 29.1 Å². The molecule has 0 aliphatic carbocycles. The fraction of sp³-hybridized carbons (Fsp3) is 0.647. The molecule has 0 aliphatic rings. The molecule has 0 bridgehead atoms. The molecule has 2 nitrogen and oxygen atoms in total. The van der Waals surface area contributed by atoms with Crippen LogP contribution in [0.25, 0.3) is 0 Å². The van der Waals surface area contributed by atoms with Crippen molar-refractivity contribution in [2.75, 3.05) is 18.1 Å². The van der Waals surface area contributed by atoms with Gasteiger partial charge in [0.05, 0.1) is 0 Å². The Morgan fingerprint density at radius 3 is 2.45 bits per heavy atom. The number of rotatable bonds is 8. The second-order valence-corrected chi connectivity index (χ2v) is 7.57. The summed E-state index contributed by atoms with van der Waals surface area (Å²) >= 11 is 0. The van der Waals surface area contributed by atoms with Gasteiger partial charge in [0.15, 0.2) is 0 Å². The molecule has 0 amide bonds. The summed E-state index contributed by atoms with van der Waals surface area (Å²) in [4.78, 5) is 0. The first-order valence-electron chi connectivity index (χ1n) is 7.59. The number of aryl methyl sites for hydroxylation is 2. The standard InChI is InChI=1S/C17H29NOS/c1-6-18-17(12-20(19)10-9-13(2)3)16-8-7-14(4)15(5)11-16/h7-8,11,13,17-18H,6,9-10,12H2,1-5H3. The number of benzene rings is 1. The lowest BCUT2D eigenvalue weighted by Crippen LogP contribution is -2.27. The summed E-state index contributed by atoms with van der Waals surface area (Å²) in [5, 5.41) is 3.47. The van der Waals surface area contributed by atoms with Crippen LogP contribution in [0.3, 0.4) is 0 Å². The summed E-state index contributed by atoms with van der Waals surface area (Å²) in [6.45, 7) is 11.6. The number of hydrogen-bond acceptors (Lipinski definition) is 2. The molecule has 2 atom stereocenters. The van der Waals surface area contributed by atoms with Gasteiger partial charge >= 0.3 is 0 Å². The van der Waals surface area contributed by atoms with E-state index in [1.54, 1.807) is 0 Å². The van der Waals surface area contributed by atoms with Crippen LogP contribution in [-0.2, 0) is 10.8 Å². The van der Waals surface area contributed by atoms with Crippen molar-refractivity contribution in [3.8, 4) is 0 Å². The van der Waals surface area contributed by atoms with Crippen LogP contribution in [0.15, 0.2) is 18.2 Å². The normalized spacial score (nSPS) is 14.5. The highest BCUT2D eigenvalue weighted by molar-refractivity contribution is 7.85. The summed E-state index contributed by atoms with van der Waals surface area (Å²) in [5.41, 5.74) is 3.87. The fourth-order valence-electron chi connectivity index (χ4n) is 2.14. The van der Waals surface area contributed by atoms with E-state index in [4.69, 9.17) is 0 Å². The largest absolute Gasteiger partial charge is 0.309 e. The van der Waals surface area contributed by atoms with E-state index in [2.05, 4.69) is 58.1 Å². The van der Waals surface area contributed by atoms with Crippen LogP contribution >= 0.6 is 0 Å². The van der Waals surface area contributed by atoms with Crippen LogP contribution in [0.5, 0.6) is 0 Å². The second-order valence-electron chi connectivity index (χ2n) is 5.95. The monoisotopic (exact) mass is 295 g/mol. The van der Waals surface area contributed by atoms with E-state index in [1.165, 1.54) is 16.7 Å². The van der Waals surface area contributed by atoms with Gasteiger partial charge < -0.3 is 5.32 Å². The lowest BCUT2D eigenvalue weighted by Gasteiger charge is -2.19. The van der Waals surface area contributed by atoms with Crippen molar-refractivity contribution in [1.82, 2.24) is 5.32 Å². The molecule has 2 unspecified atom stereocenters. The zero-order chi connectivity index (χ0) is 15.1. The Morgan fingerprint density at radius 2 is 1.90 bits per heavy atom. The van der Waals surface area contributed by atoms with Gasteiger partial charge in [0.25, 0.3) is 0 Å². The maximum Gasteiger partial charge on any atom is 0.0436 e. The van der Waals surface area contributed by atoms with Crippen molar-refractivity contribution in [3.05, 3.63) is 34.9 Å². The van der Waals surface area contributed by atoms with Crippen LogP contribution in [0, 0.1) is 19.8 Å². The Kier molecular flexibility index (Phi) is 7.46. The average molecular weight is 295 g/mol. The molecule has 3 heteroatoms. The molecular weight excluding hydrogens is 266 g/mol. The van der Waals surface area contributed by atoms with Gasteiger partial charge in [-0.1, -0.05) is 39.0 Å². The zero-order valence-corrected chi connectivity index (χ0v) is 14.3. The van der Waals surface area contributed by atoms with Gasteiger partial charge in [-0.3, -0.25) is 4.21 Å².